The van der Waals surface area contributed by atoms with Crippen molar-refractivity contribution in [2.24, 2.45) is 11.0 Å². The van der Waals surface area contributed by atoms with Crippen molar-refractivity contribution in [1.82, 2.24) is 10.3 Å². The SMILES string of the molecule is CNC(=S)N1N=C2c3ccccc3CCC2C1c1cccs1. The predicted octanol–water partition coefficient (Wildman–Crippen LogP) is 3.58. The second-order valence-corrected chi connectivity index (χ2v) is 7.01. The first-order valence-electron chi connectivity index (χ1n) is 7.50. The minimum Gasteiger partial charge on any atom is -0.364 e. The van der Waals surface area contributed by atoms with Crippen LogP contribution in [0.2, 0.25) is 0 Å². The Morgan fingerprint density at radius 3 is 2.95 bits per heavy atom. The van der Waals surface area contributed by atoms with Crippen molar-refractivity contribution in [2.45, 2.75) is 18.9 Å². The fourth-order valence-electron chi connectivity index (χ4n) is 3.48. The Bertz CT molecular complexity index is 736. The van der Waals surface area contributed by atoms with Crippen LogP contribution in [0.3, 0.4) is 0 Å². The van der Waals surface area contributed by atoms with Crippen LogP contribution in [0, 0.1) is 5.92 Å². The average molecular weight is 327 g/mol. The number of thiocarbonyl (C=S) groups is 1. The third-order valence-corrected chi connectivity index (χ3v) is 5.82. The highest BCUT2D eigenvalue weighted by Gasteiger charge is 2.43. The molecule has 2 aliphatic rings. The molecule has 0 amide bonds. The van der Waals surface area contributed by atoms with Crippen molar-refractivity contribution in [3.05, 3.63) is 57.8 Å². The third kappa shape index (κ3) is 2.08. The molecule has 1 aliphatic carbocycles. The number of nitrogens with one attached hydrogen (secondary N) is 1. The van der Waals surface area contributed by atoms with Crippen LogP contribution in [0.25, 0.3) is 0 Å². The minimum atomic E-state index is 0.225. The summed E-state index contributed by atoms with van der Waals surface area (Å²) in [5, 5.41) is 12.8. The van der Waals surface area contributed by atoms with Crippen molar-refractivity contribution in [2.75, 3.05) is 7.05 Å². The van der Waals surface area contributed by atoms with E-state index in [9.17, 15) is 0 Å². The topological polar surface area (TPSA) is 27.6 Å². The third-order valence-electron chi connectivity index (χ3n) is 4.49. The van der Waals surface area contributed by atoms with E-state index in [1.54, 1.807) is 11.3 Å². The Morgan fingerprint density at radius 2 is 2.18 bits per heavy atom. The van der Waals surface area contributed by atoms with Gasteiger partial charge in [-0.15, -0.1) is 11.3 Å². The molecular formula is C17H17N3S2. The highest BCUT2D eigenvalue weighted by molar-refractivity contribution is 7.80. The Balaban J connectivity index is 1.81. The molecule has 22 heavy (non-hydrogen) atoms. The molecule has 1 N–H and O–H groups in total. The molecule has 2 unspecified atom stereocenters. The van der Waals surface area contributed by atoms with E-state index in [0.29, 0.717) is 11.0 Å². The summed E-state index contributed by atoms with van der Waals surface area (Å²) in [6.07, 6.45) is 2.24. The summed E-state index contributed by atoms with van der Waals surface area (Å²) in [6.45, 7) is 0. The first-order valence-corrected chi connectivity index (χ1v) is 8.79. The Hall–Kier alpha value is -1.72. The normalized spacial score (nSPS) is 22.8. The van der Waals surface area contributed by atoms with E-state index in [1.165, 1.54) is 21.7 Å². The summed E-state index contributed by atoms with van der Waals surface area (Å²) in [7, 11) is 1.87. The van der Waals surface area contributed by atoms with Crippen LogP contribution in [0.1, 0.15) is 28.5 Å². The number of rotatable bonds is 1. The standard InChI is InChI=1S/C17H17N3S2/c1-18-17(21)20-16(14-7-4-10-22-14)13-9-8-11-5-2-3-6-12(11)15(13)19-20/h2-7,10,13,16H,8-9H2,1H3,(H,18,21). The second-order valence-electron chi connectivity index (χ2n) is 5.65. The number of hydrazone groups is 1. The van der Waals surface area contributed by atoms with Crippen LogP contribution < -0.4 is 5.32 Å². The summed E-state index contributed by atoms with van der Waals surface area (Å²) in [5.41, 5.74) is 3.89. The van der Waals surface area contributed by atoms with Crippen molar-refractivity contribution >= 4 is 34.4 Å². The van der Waals surface area contributed by atoms with Gasteiger partial charge in [0, 0.05) is 23.4 Å². The number of fused-ring (bicyclic) bond motifs is 3. The molecule has 1 aromatic carbocycles. The van der Waals surface area contributed by atoms with Gasteiger partial charge in [-0.3, -0.25) is 0 Å². The van der Waals surface area contributed by atoms with E-state index < -0.39 is 0 Å². The Labute approximate surface area is 139 Å². The van der Waals surface area contributed by atoms with Gasteiger partial charge in [0.05, 0.1) is 11.8 Å². The number of benzene rings is 1. The largest absolute Gasteiger partial charge is 0.364 e. The zero-order valence-corrected chi connectivity index (χ0v) is 14.0. The molecule has 0 radical (unpaired) electrons. The van der Waals surface area contributed by atoms with Crippen LogP contribution in [-0.2, 0) is 6.42 Å². The lowest BCUT2D eigenvalue weighted by molar-refractivity contribution is 0.310. The summed E-state index contributed by atoms with van der Waals surface area (Å²) < 4.78 is 0. The quantitative estimate of drug-likeness (QED) is 0.812. The lowest BCUT2D eigenvalue weighted by Gasteiger charge is -2.29. The first-order chi connectivity index (χ1) is 10.8. The number of thiophene rings is 1. The van der Waals surface area contributed by atoms with Crippen molar-refractivity contribution in [3.63, 3.8) is 0 Å². The van der Waals surface area contributed by atoms with Crippen LogP contribution >= 0.6 is 23.6 Å². The van der Waals surface area contributed by atoms with E-state index in [-0.39, 0.29) is 6.04 Å². The fraction of sp³-hybridized carbons (Fsp3) is 0.294. The van der Waals surface area contributed by atoms with Crippen LogP contribution in [0.5, 0.6) is 0 Å². The van der Waals surface area contributed by atoms with Gasteiger partial charge in [0.1, 0.15) is 0 Å². The smallest absolute Gasteiger partial charge is 0.190 e. The lowest BCUT2D eigenvalue weighted by Crippen LogP contribution is -2.36. The predicted molar refractivity (Wildman–Crippen MR) is 95.3 cm³/mol. The van der Waals surface area contributed by atoms with Crippen LogP contribution in [0.4, 0.5) is 0 Å². The summed E-state index contributed by atoms with van der Waals surface area (Å²) in [6, 6.07) is 13.1. The molecule has 2 aromatic rings. The molecule has 112 valence electrons. The highest BCUT2D eigenvalue weighted by Crippen LogP contribution is 2.44. The molecule has 2 heterocycles. The second kappa shape index (κ2) is 5.48. The van der Waals surface area contributed by atoms with Crippen molar-refractivity contribution in [1.29, 1.82) is 0 Å². The number of hydrogen-bond donors (Lipinski definition) is 1. The monoisotopic (exact) mass is 327 g/mol. The van der Waals surface area contributed by atoms with E-state index >= 15 is 0 Å². The number of aryl methyl sites for hydroxylation is 1. The van der Waals surface area contributed by atoms with E-state index in [0.717, 1.165) is 12.8 Å². The molecule has 0 saturated carbocycles. The zero-order chi connectivity index (χ0) is 15.1. The average Bonchev–Trinajstić information content (AvgIpc) is 3.20. The van der Waals surface area contributed by atoms with Gasteiger partial charge in [-0.1, -0.05) is 30.3 Å². The maximum atomic E-state index is 5.50. The first kappa shape index (κ1) is 13.9. The van der Waals surface area contributed by atoms with Gasteiger partial charge in [0.2, 0.25) is 0 Å². The summed E-state index contributed by atoms with van der Waals surface area (Å²) in [4.78, 5) is 1.33. The lowest BCUT2D eigenvalue weighted by atomic mass is 9.79. The summed E-state index contributed by atoms with van der Waals surface area (Å²) >= 11 is 7.29. The fourth-order valence-corrected chi connectivity index (χ4v) is 4.51. The number of hydrogen-bond acceptors (Lipinski definition) is 3. The molecule has 0 saturated heterocycles. The maximum absolute atomic E-state index is 5.50. The molecule has 0 spiro atoms. The molecule has 2 atom stereocenters. The van der Waals surface area contributed by atoms with E-state index in [2.05, 4.69) is 47.1 Å². The highest BCUT2D eigenvalue weighted by atomic mass is 32.1. The van der Waals surface area contributed by atoms with Crippen LogP contribution in [0.15, 0.2) is 46.9 Å². The van der Waals surface area contributed by atoms with E-state index in [4.69, 9.17) is 17.3 Å². The van der Waals surface area contributed by atoms with Crippen LogP contribution in [-0.4, -0.2) is 22.9 Å². The maximum Gasteiger partial charge on any atom is 0.190 e. The molecule has 3 nitrogen and oxygen atoms in total. The van der Waals surface area contributed by atoms with Crippen molar-refractivity contribution < 1.29 is 0 Å². The molecule has 0 fully saturated rings. The Morgan fingerprint density at radius 1 is 1.32 bits per heavy atom. The van der Waals surface area contributed by atoms with Gasteiger partial charge in [0.25, 0.3) is 0 Å². The van der Waals surface area contributed by atoms with Crippen molar-refractivity contribution in [3.8, 4) is 0 Å². The zero-order valence-electron chi connectivity index (χ0n) is 12.3. The van der Waals surface area contributed by atoms with Gasteiger partial charge in [-0.05, 0) is 42.1 Å². The van der Waals surface area contributed by atoms with Gasteiger partial charge in [-0.25, -0.2) is 5.01 Å². The number of nitrogens with zero attached hydrogens (tertiary/aromatic N) is 2. The minimum absolute atomic E-state index is 0.225. The molecule has 5 heteroatoms. The molecule has 0 bridgehead atoms. The summed E-state index contributed by atoms with van der Waals surface area (Å²) in [5.74, 6) is 0.417. The van der Waals surface area contributed by atoms with Gasteiger partial charge >= 0.3 is 0 Å². The Kier molecular flexibility index (Phi) is 3.47. The van der Waals surface area contributed by atoms with Gasteiger partial charge in [-0.2, -0.15) is 5.10 Å². The molecule has 1 aromatic heterocycles. The van der Waals surface area contributed by atoms with Gasteiger partial charge in [0.15, 0.2) is 5.11 Å². The molecular weight excluding hydrogens is 310 g/mol. The van der Waals surface area contributed by atoms with E-state index in [1.807, 2.05) is 12.1 Å². The molecule has 1 aliphatic heterocycles. The van der Waals surface area contributed by atoms with Gasteiger partial charge < -0.3 is 5.32 Å². The molecule has 4 rings (SSSR count).